The molecule has 1 aliphatic rings. The van der Waals surface area contributed by atoms with Gasteiger partial charge in [-0.15, -0.1) is 0 Å². The molecule has 1 saturated heterocycles. The number of aliphatic hydroxyl groups excluding tert-OH is 1. The molecular formula is C7H13NO3. The molecule has 0 saturated carbocycles. The molecule has 0 bridgehead atoms. The Balaban J connectivity index is 2.41. The summed E-state index contributed by atoms with van der Waals surface area (Å²) in [6.45, 7) is 2.74. The van der Waals surface area contributed by atoms with Gasteiger partial charge >= 0.3 is 6.09 Å². The topological polar surface area (TPSA) is 60.8 Å². The van der Waals surface area contributed by atoms with Gasteiger partial charge in [0.1, 0.15) is 0 Å². The van der Waals surface area contributed by atoms with Crippen molar-refractivity contribution in [2.45, 2.75) is 19.4 Å². The van der Waals surface area contributed by atoms with Crippen LogP contribution in [0, 0.1) is 5.92 Å². The van der Waals surface area contributed by atoms with E-state index in [-0.39, 0.29) is 12.0 Å². The Labute approximate surface area is 65.4 Å². The van der Waals surface area contributed by atoms with Crippen molar-refractivity contribution in [1.29, 1.82) is 0 Å². The summed E-state index contributed by atoms with van der Waals surface area (Å²) < 4.78 is 0. The van der Waals surface area contributed by atoms with Crippen LogP contribution in [0.5, 0.6) is 0 Å². The van der Waals surface area contributed by atoms with Gasteiger partial charge in [0.05, 0.1) is 6.10 Å². The number of hydrogen-bond donors (Lipinski definition) is 2. The minimum atomic E-state index is -0.881. The van der Waals surface area contributed by atoms with Crippen molar-refractivity contribution in [2.75, 3.05) is 13.1 Å². The van der Waals surface area contributed by atoms with Crippen molar-refractivity contribution >= 4 is 6.09 Å². The van der Waals surface area contributed by atoms with E-state index in [1.54, 1.807) is 6.92 Å². The van der Waals surface area contributed by atoms with Crippen LogP contribution in [-0.2, 0) is 0 Å². The monoisotopic (exact) mass is 159 g/mol. The third-order valence-electron chi connectivity index (χ3n) is 2.18. The van der Waals surface area contributed by atoms with Gasteiger partial charge in [-0.2, -0.15) is 0 Å². The lowest BCUT2D eigenvalue weighted by Crippen LogP contribution is -2.28. The van der Waals surface area contributed by atoms with E-state index in [1.807, 2.05) is 0 Å². The van der Waals surface area contributed by atoms with Crippen LogP contribution in [-0.4, -0.2) is 40.4 Å². The average molecular weight is 159 g/mol. The normalized spacial score (nSPS) is 27.1. The van der Waals surface area contributed by atoms with Gasteiger partial charge in [0.15, 0.2) is 0 Å². The maximum atomic E-state index is 10.4. The summed E-state index contributed by atoms with van der Waals surface area (Å²) in [5, 5.41) is 17.7. The molecule has 1 amide bonds. The first kappa shape index (κ1) is 8.33. The molecule has 11 heavy (non-hydrogen) atoms. The molecule has 0 aromatic heterocycles. The second kappa shape index (κ2) is 3.09. The first-order chi connectivity index (χ1) is 5.11. The Morgan fingerprint density at radius 3 is 2.64 bits per heavy atom. The Bertz CT molecular complexity index is 158. The Hall–Kier alpha value is -0.770. The minimum absolute atomic E-state index is 0.131. The van der Waals surface area contributed by atoms with Gasteiger partial charge in [0, 0.05) is 19.0 Å². The van der Waals surface area contributed by atoms with Gasteiger partial charge in [0.25, 0.3) is 0 Å². The van der Waals surface area contributed by atoms with E-state index in [0.29, 0.717) is 13.1 Å². The van der Waals surface area contributed by atoms with Gasteiger partial charge in [-0.25, -0.2) is 4.79 Å². The number of hydrogen-bond acceptors (Lipinski definition) is 2. The zero-order chi connectivity index (χ0) is 8.43. The maximum Gasteiger partial charge on any atom is 0.407 e. The molecule has 0 aromatic carbocycles. The smallest absolute Gasteiger partial charge is 0.407 e. The number of carboxylic acid groups (broad SMARTS) is 1. The number of rotatable bonds is 1. The molecule has 1 heterocycles. The quantitative estimate of drug-likeness (QED) is 0.581. The number of likely N-dealkylation sites (tertiary alicyclic amines) is 1. The third-order valence-corrected chi connectivity index (χ3v) is 2.18. The van der Waals surface area contributed by atoms with Crippen molar-refractivity contribution in [2.24, 2.45) is 5.92 Å². The fraction of sp³-hybridized carbons (Fsp3) is 0.857. The Morgan fingerprint density at radius 2 is 2.36 bits per heavy atom. The highest BCUT2D eigenvalue weighted by Crippen LogP contribution is 2.19. The molecule has 2 unspecified atom stereocenters. The predicted octanol–water partition coefficient (Wildman–Crippen LogP) is 0.367. The van der Waals surface area contributed by atoms with E-state index in [2.05, 4.69) is 0 Å². The van der Waals surface area contributed by atoms with Crippen LogP contribution in [0.1, 0.15) is 13.3 Å². The van der Waals surface area contributed by atoms with Crippen molar-refractivity contribution in [1.82, 2.24) is 4.90 Å². The zero-order valence-electron chi connectivity index (χ0n) is 6.53. The molecular weight excluding hydrogens is 146 g/mol. The van der Waals surface area contributed by atoms with Gasteiger partial charge in [-0.05, 0) is 13.3 Å². The van der Waals surface area contributed by atoms with Crippen LogP contribution < -0.4 is 0 Å². The van der Waals surface area contributed by atoms with Crippen molar-refractivity contribution in [3.8, 4) is 0 Å². The highest BCUT2D eigenvalue weighted by atomic mass is 16.4. The van der Waals surface area contributed by atoms with E-state index in [1.165, 1.54) is 4.90 Å². The third kappa shape index (κ3) is 1.83. The fourth-order valence-corrected chi connectivity index (χ4v) is 1.35. The van der Waals surface area contributed by atoms with Gasteiger partial charge < -0.3 is 15.1 Å². The highest BCUT2D eigenvalue weighted by Gasteiger charge is 2.28. The van der Waals surface area contributed by atoms with E-state index in [0.717, 1.165) is 6.42 Å². The van der Waals surface area contributed by atoms with Crippen LogP contribution in [0.15, 0.2) is 0 Å². The molecule has 0 aliphatic carbocycles. The lowest BCUT2D eigenvalue weighted by Gasteiger charge is -2.13. The van der Waals surface area contributed by atoms with Crippen LogP contribution in [0.4, 0.5) is 4.79 Å². The van der Waals surface area contributed by atoms with Gasteiger partial charge in [-0.1, -0.05) is 0 Å². The molecule has 0 radical (unpaired) electrons. The number of amides is 1. The van der Waals surface area contributed by atoms with E-state index >= 15 is 0 Å². The molecule has 2 N–H and O–H groups in total. The van der Waals surface area contributed by atoms with E-state index < -0.39 is 6.09 Å². The van der Waals surface area contributed by atoms with Crippen molar-refractivity contribution < 1.29 is 15.0 Å². The fourth-order valence-electron chi connectivity index (χ4n) is 1.35. The van der Waals surface area contributed by atoms with Gasteiger partial charge in [-0.3, -0.25) is 0 Å². The summed E-state index contributed by atoms with van der Waals surface area (Å²) in [6.07, 6.45) is -0.489. The maximum absolute atomic E-state index is 10.4. The number of aliphatic hydroxyl groups is 1. The number of nitrogens with zero attached hydrogens (tertiary/aromatic N) is 1. The number of carbonyl (C=O) groups is 1. The van der Waals surface area contributed by atoms with Crippen LogP contribution in [0.2, 0.25) is 0 Å². The first-order valence-corrected chi connectivity index (χ1v) is 3.77. The van der Waals surface area contributed by atoms with E-state index in [4.69, 9.17) is 10.2 Å². The lowest BCUT2D eigenvalue weighted by atomic mass is 10.0. The largest absolute Gasteiger partial charge is 0.465 e. The molecule has 1 rings (SSSR count). The standard InChI is InChI=1S/C7H13NO3/c1-5(9)6-2-3-8(4-6)7(10)11/h5-6,9H,2-4H2,1H3,(H,10,11). The van der Waals surface area contributed by atoms with Crippen LogP contribution >= 0.6 is 0 Å². The van der Waals surface area contributed by atoms with E-state index in [9.17, 15) is 4.79 Å². The Morgan fingerprint density at radius 1 is 1.73 bits per heavy atom. The molecule has 4 nitrogen and oxygen atoms in total. The Kier molecular flexibility index (Phi) is 2.34. The lowest BCUT2D eigenvalue weighted by molar-refractivity contribution is 0.121. The second-order valence-corrected chi connectivity index (χ2v) is 3.02. The second-order valence-electron chi connectivity index (χ2n) is 3.02. The van der Waals surface area contributed by atoms with Crippen molar-refractivity contribution in [3.05, 3.63) is 0 Å². The molecule has 4 heteroatoms. The summed E-state index contributed by atoms with van der Waals surface area (Å²) in [4.78, 5) is 11.8. The van der Waals surface area contributed by atoms with Gasteiger partial charge in [0.2, 0.25) is 0 Å². The molecule has 1 aliphatic heterocycles. The predicted molar refractivity (Wildman–Crippen MR) is 39.4 cm³/mol. The SMILES string of the molecule is CC(O)C1CCN(C(=O)O)C1. The minimum Gasteiger partial charge on any atom is -0.465 e. The summed E-state index contributed by atoms with van der Waals surface area (Å²) in [6, 6.07) is 0. The zero-order valence-corrected chi connectivity index (χ0v) is 6.53. The van der Waals surface area contributed by atoms with Crippen LogP contribution in [0.3, 0.4) is 0 Å². The summed E-state index contributed by atoms with van der Waals surface area (Å²) in [7, 11) is 0. The first-order valence-electron chi connectivity index (χ1n) is 3.77. The summed E-state index contributed by atoms with van der Waals surface area (Å²) in [5.74, 6) is 0.131. The summed E-state index contributed by atoms with van der Waals surface area (Å²) in [5.41, 5.74) is 0. The van der Waals surface area contributed by atoms with Crippen LogP contribution in [0.25, 0.3) is 0 Å². The molecule has 2 atom stereocenters. The summed E-state index contributed by atoms with van der Waals surface area (Å²) >= 11 is 0. The molecule has 1 fully saturated rings. The van der Waals surface area contributed by atoms with Crippen molar-refractivity contribution in [3.63, 3.8) is 0 Å². The molecule has 0 aromatic rings. The average Bonchev–Trinajstić information content (AvgIpc) is 2.33. The molecule has 0 spiro atoms. The highest BCUT2D eigenvalue weighted by molar-refractivity contribution is 5.65. The molecule has 64 valence electrons.